The molecule has 0 saturated heterocycles. The highest BCUT2D eigenvalue weighted by Gasteiger charge is 2.37. The molecule has 0 aliphatic heterocycles. The summed E-state index contributed by atoms with van der Waals surface area (Å²) < 4.78 is 0. The summed E-state index contributed by atoms with van der Waals surface area (Å²) in [5.41, 5.74) is 2.20. The Morgan fingerprint density at radius 3 is 2.58 bits per heavy atom. The maximum Gasteiger partial charge on any atom is 0.251 e. The van der Waals surface area contributed by atoms with Crippen molar-refractivity contribution < 1.29 is 4.79 Å². The first kappa shape index (κ1) is 20.3. The highest BCUT2D eigenvalue weighted by atomic mass is 16.1. The molecule has 3 N–H and O–H groups in total. The van der Waals surface area contributed by atoms with Gasteiger partial charge in [0.05, 0.1) is 0 Å². The normalized spacial score (nSPS) is 16.1. The lowest BCUT2D eigenvalue weighted by molar-refractivity contribution is 0.0955. The second kappa shape index (κ2) is 9.60. The summed E-state index contributed by atoms with van der Waals surface area (Å²) in [5.74, 6) is 1.52. The first-order valence-corrected chi connectivity index (χ1v) is 9.79. The van der Waals surface area contributed by atoms with Gasteiger partial charge in [0.15, 0.2) is 5.96 Å². The summed E-state index contributed by atoms with van der Waals surface area (Å²) in [6.45, 7) is 8.78. The monoisotopic (exact) mass is 358 g/mol. The fourth-order valence-corrected chi connectivity index (χ4v) is 3.76. The van der Waals surface area contributed by atoms with E-state index in [0.29, 0.717) is 24.1 Å². The van der Waals surface area contributed by atoms with E-state index in [-0.39, 0.29) is 5.91 Å². The van der Waals surface area contributed by atoms with Crippen LogP contribution >= 0.6 is 0 Å². The Bertz CT molecular complexity index is 620. The van der Waals surface area contributed by atoms with Crippen molar-refractivity contribution in [3.05, 3.63) is 35.4 Å². The molecular formula is C21H34N4O. The number of aliphatic imine (C=N–C) groups is 1. The Morgan fingerprint density at radius 2 is 2.00 bits per heavy atom. The molecule has 1 saturated carbocycles. The summed E-state index contributed by atoms with van der Waals surface area (Å²) in [6, 6.07) is 7.71. The Hall–Kier alpha value is -2.04. The van der Waals surface area contributed by atoms with Crippen LogP contribution in [-0.2, 0) is 6.54 Å². The molecule has 0 heterocycles. The zero-order valence-electron chi connectivity index (χ0n) is 16.7. The van der Waals surface area contributed by atoms with Crippen LogP contribution in [0.25, 0.3) is 0 Å². The highest BCUT2D eigenvalue weighted by Crippen LogP contribution is 2.45. The molecule has 0 aromatic heterocycles. The molecule has 0 unspecified atom stereocenters. The van der Waals surface area contributed by atoms with E-state index in [4.69, 9.17) is 0 Å². The molecule has 2 rings (SSSR count). The number of nitrogens with zero attached hydrogens (tertiary/aromatic N) is 1. The molecular weight excluding hydrogens is 324 g/mol. The standard InChI is InChI=1S/C21H34N4O/c1-5-23-19(26)18-9-6-8-17(12-18)14-24-20(22-4)25-15-21(10-7-11-21)13-16(2)3/h6,8-9,12,16H,5,7,10-11,13-15H2,1-4H3,(H,23,26)(H2,22,24,25). The van der Waals surface area contributed by atoms with Crippen molar-refractivity contribution in [3.63, 3.8) is 0 Å². The summed E-state index contributed by atoms with van der Waals surface area (Å²) in [5, 5.41) is 9.71. The molecule has 26 heavy (non-hydrogen) atoms. The summed E-state index contributed by atoms with van der Waals surface area (Å²) in [7, 11) is 1.80. The van der Waals surface area contributed by atoms with Crippen molar-refractivity contribution in [2.24, 2.45) is 16.3 Å². The van der Waals surface area contributed by atoms with Gasteiger partial charge in [0.25, 0.3) is 5.91 Å². The van der Waals surface area contributed by atoms with Crippen LogP contribution in [-0.4, -0.2) is 32.0 Å². The maximum absolute atomic E-state index is 12.0. The fraction of sp³-hybridized carbons (Fsp3) is 0.619. The van der Waals surface area contributed by atoms with Crippen molar-refractivity contribution >= 4 is 11.9 Å². The average molecular weight is 359 g/mol. The third-order valence-corrected chi connectivity index (χ3v) is 5.10. The minimum atomic E-state index is -0.0301. The molecule has 1 aromatic carbocycles. The van der Waals surface area contributed by atoms with Crippen molar-refractivity contribution in [3.8, 4) is 0 Å². The SMILES string of the molecule is CCNC(=O)c1cccc(CNC(=NC)NCC2(CC(C)C)CCC2)c1. The summed E-state index contributed by atoms with van der Waals surface area (Å²) in [4.78, 5) is 16.3. The zero-order valence-corrected chi connectivity index (χ0v) is 16.7. The first-order chi connectivity index (χ1) is 12.5. The Morgan fingerprint density at radius 1 is 1.23 bits per heavy atom. The third kappa shape index (κ3) is 5.75. The molecule has 1 amide bonds. The number of guanidine groups is 1. The molecule has 1 aliphatic carbocycles. The van der Waals surface area contributed by atoms with Gasteiger partial charge in [-0.3, -0.25) is 9.79 Å². The molecule has 0 radical (unpaired) electrons. The van der Waals surface area contributed by atoms with E-state index in [1.807, 2.05) is 31.2 Å². The molecule has 1 fully saturated rings. The number of hydrogen-bond donors (Lipinski definition) is 3. The predicted molar refractivity (Wildman–Crippen MR) is 108 cm³/mol. The van der Waals surface area contributed by atoms with Gasteiger partial charge in [0.2, 0.25) is 0 Å². The average Bonchev–Trinajstić information content (AvgIpc) is 2.59. The van der Waals surface area contributed by atoms with E-state index in [9.17, 15) is 4.79 Å². The molecule has 5 heteroatoms. The molecule has 1 aromatic rings. The van der Waals surface area contributed by atoms with Crippen LogP contribution in [0.1, 0.15) is 62.4 Å². The fourth-order valence-electron chi connectivity index (χ4n) is 3.76. The Kier molecular flexibility index (Phi) is 7.49. The van der Waals surface area contributed by atoms with Crippen molar-refractivity contribution in [1.29, 1.82) is 0 Å². The Labute approximate surface area is 158 Å². The molecule has 144 valence electrons. The lowest BCUT2D eigenvalue weighted by Crippen LogP contribution is -2.46. The third-order valence-electron chi connectivity index (χ3n) is 5.10. The van der Waals surface area contributed by atoms with E-state index in [2.05, 4.69) is 34.8 Å². The van der Waals surface area contributed by atoms with Gasteiger partial charge in [-0.1, -0.05) is 32.4 Å². The Balaban J connectivity index is 1.87. The van der Waals surface area contributed by atoms with Crippen molar-refractivity contribution in [2.75, 3.05) is 20.1 Å². The molecule has 0 spiro atoms. The van der Waals surface area contributed by atoms with E-state index in [1.165, 1.54) is 25.7 Å². The predicted octanol–water partition coefficient (Wildman–Crippen LogP) is 3.32. The number of carbonyl (C=O) groups excluding carboxylic acids is 1. The number of benzene rings is 1. The smallest absolute Gasteiger partial charge is 0.251 e. The second-order valence-corrected chi connectivity index (χ2v) is 7.79. The number of hydrogen-bond acceptors (Lipinski definition) is 2. The van der Waals surface area contributed by atoms with Gasteiger partial charge in [0.1, 0.15) is 0 Å². The van der Waals surface area contributed by atoms with Gasteiger partial charge in [0, 0.05) is 32.2 Å². The van der Waals surface area contributed by atoms with E-state index in [1.54, 1.807) is 7.05 Å². The number of nitrogens with one attached hydrogen (secondary N) is 3. The largest absolute Gasteiger partial charge is 0.356 e. The van der Waals surface area contributed by atoms with Crippen LogP contribution in [0.15, 0.2) is 29.3 Å². The summed E-state index contributed by atoms with van der Waals surface area (Å²) in [6.07, 6.45) is 5.23. The van der Waals surface area contributed by atoms with Gasteiger partial charge in [-0.25, -0.2) is 0 Å². The minimum Gasteiger partial charge on any atom is -0.356 e. The zero-order chi connectivity index (χ0) is 19.0. The minimum absolute atomic E-state index is 0.0301. The topological polar surface area (TPSA) is 65.5 Å². The first-order valence-electron chi connectivity index (χ1n) is 9.79. The lowest BCUT2D eigenvalue weighted by Gasteiger charge is -2.43. The van der Waals surface area contributed by atoms with Crippen LogP contribution in [0, 0.1) is 11.3 Å². The van der Waals surface area contributed by atoms with Crippen LogP contribution in [0.5, 0.6) is 0 Å². The quantitative estimate of drug-likeness (QED) is 0.493. The summed E-state index contributed by atoms with van der Waals surface area (Å²) >= 11 is 0. The second-order valence-electron chi connectivity index (χ2n) is 7.79. The van der Waals surface area contributed by atoms with Crippen LogP contribution in [0.4, 0.5) is 0 Å². The van der Waals surface area contributed by atoms with Crippen molar-refractivity contribution in [2.45, 2.75) is 53.0 Å². The molecule has 5 nitrogen and oxygen atoms in total. The van der Waals surface area contributed by atoms with Crippen molar-refractivity contribution in [1.82, 2.24) is 16.0 Å². The lowest BCUT2D eigenvalue weighted by atomic mass is 9.64. The van der Waals surface area contributed by atoms with Crippen LogP contribution < -0.4 is 16.0 Å². The van der Waals surface area contributed by atoms with Gasteiger partial charge in [-0.05, 0) is 55.2 Å². The molecule has 1 aliphatic rings. The van der Waals surface area contributed by atoms with E-state index in [0.717, 1.165) is 24.0 Å². The highest BCUT2D eigenvalue weighted by molar-refractivity contribution is 5.94. The van der Waals surface area contributed by atoms with Crippen LogP contribution in [0.3, 0.4) is 0 Å². The number of amides is 1. The number of carbonyl (C=O) groups is 1. The van der Waals surface area contributed by atoms with Gasteiger partial charge >= 0.3 is 0 Å². The van der Waals surface area contributed by atoms with Gasteiger partial charge < -0.3 is 16.0 Å². The molecule has 0 bridgehead atoms. The maximum atomic E-state index is 12.0. The molecule has 0 atom stereocenters. The van der Waals surface area contributed by atoms with Gasteiger partial charge in [-0.2, -0.15) is 0 Å². The van der Waals surface area contributed by atoms with E-state index >= 15 is 0 Å². The number of rotatable bonds is 8. The van der Waals surface area contributed by atoms with E-state index < -0.39 is 0 Å². The van der Waals surface area contributed by atoms with Gasteiger partial charge in [-0.15, -0.1) is 0 Å². The van der Waals surface area contributed by atoms with Crippen LogP contribution in [0.2, 0.25) is 0 Å².